The average Bonchev–Trinajstić information content (AvgIpc) is 2.75. The number of aliphatic hydroxyl groups excluding tert-OH is 2. The molecule has 1 unspecified atom stereocenters. The molecule has 2 saturated heterocycles. The van der Waals surface area contributed by atoms with E-state index < -0.39 is 22.7 Å². The van der Waals surface area contributed by atoms with Crippen molar-refractivity contribution in [1.82, 2.24) is 0 Å². The fraction of sp³-hybridized carbons (Fsp3) is 0.900. The summed E-state index contributed by atoms with van der Waals surface area (Å²) in [6.45, 7) is 15.4. The van der Waals surface area contributed by atoms with Crippen molar-refractivity contribution in [2.24, 2.45) is 38.9 Å². The Hall–Kier alpha value is -0.910. The third-order valence-electron chi connectivity index (χ3n) is 13.7. The lowest BCUT2D eigenvalue weighted by Crippen LogP contribution is -2.72. The van der Waals surface area contributed by atoms with E-state index in [4.69, 9.17) is 4.74 Å². The number of aliphatic hydroxyl groups is 3. The minimum atomic E-state index is -1.28. The Labute approximate surface area is 210 Å². The van der Waals surface area contributed by atoms with E-state index in [1.54, 1.807) is 0 Å². The largest absolute Gasteiger partial charge is 0.455 e. The molecule has 3 N–H and O–H groups in total. The molecule has 2 aliphatic heterocycles. The normalized spacial score (nSPS) is 58.6. The minimum absolute atomic E-state index is 0.0443. The predicted molar refractivity (Wildman–Crippen MR) is 133 cm³/mol. The average molecular weight is 487 g/mol. The molecule has 5 heteroatoms. The van der Waals surface area contributed by atoms with E-state index in [1.165, 1.54) is 0 Å². The van der Waals surface area contributed by atoms with Gasteiger partial charge in [-0.05, 0) is 116 Å². The maximum Gasteiger partial charge on any atom is 0.317 e. The van der Waals surface area contributed by atoms with Crippen LogP contribution in [0.1, 0.15) is 106 Å². The predicted octanol–water partition coefficient (Wildman–Crippen LogP) is 4.91. The van der Waals surface area contributed by atoms with Crippen LogP contribution in [0.25, 0.3) is 0 Å². The lowest BCUT2D eigenvalue weighted by Gasteiger charge is -2.72. The lowest BCUT2D eigenvalue weighted by atomic mass is 9.33. The molecule has 0 aromatic rings. The van der Waals surface area contributed by atoms with Gasteiger partial charge in [-0.15, -0.1) is 0 Å². The number of fused-ring (bicyclic) bond motifs is 7. The number of carbonyl (C=O) groups excluding carboxylic acids is 1. The molecule has 0 radical (unpaired) electrons. The van der Waals surface area contributed by atoms with E-state index in [9.17, 15) is 20.1 Å². The van der Waals surface area contributed by atoms with Crippen LogP contribution in [-0.2, 0) is 9.53 Å². The summed E-state index contributed by atoms with van der Waals surface area (Å²) in [5.74, 6) is 0.548. The second-order valence-electron chi connectivity index (χ2n) is 15.1. The van der Waals surface area contributed by atoms with Gasteiger partial charge in [-0.25, -0.2) is 0 Å². The smallest absolute Gasteiger partial charge is 0.317 e. The van der Waals surface area contributed by atoms with Gasteiger partial charge >= 0.3 is 5.97 Å². The van der Waals surface area contributed by atoms with Crippen molar-refractivity contribution in [3.8, 4) is 0 Å². The first kappa shape index (κ1) is 24.4. The maximum atomic E-state index is 13.4. The first-order chi connectivity index (χ1) is 16.0. The summed E-state index contributed by atoms with van der Waals surface area (Å²) in [5, 5.41) is 35.0. The van der Waals surface area contributed by atoms with Crippen LogP contribution < -0.4 is 0 Å². The number of ether oxygens (including phenoxy) is 1. The molecule has 7 aliphatic rings. The number of hydrogen-bond acceptors (Lipinski definition) is 5. The highest BCUT2D eigenvalue weighted by Crippen LogP contribution is 2.76. The Morgan fingerprint density at radius 1 is 0.829 bits per heavy atom. The van der Waals surface area contributed by atoms with Gasteiger partial charge < -0.3 is 20.1 Å². The van der Waals surface area contributed by atoms with Crippen molar-refractivity contribution in [2.75, 3.05) is 0 Å². The monoisotopic (exact) mass is 486 g/mol. The summed E-state index contributed by atoms with van der Waals surface area (Å²) >= 11 is 0. The second kappa shape index (κ2) is 6.56. The zero-order valence-corrected chi connectivity index (χ0v) is 22.8. The Kier molecular flexibility index (Phi) is 4.58. The molecular weight excluding hydrogens is 440 g/mol. The Morgan fingerprint density at radius 3 is 2.14 bits per heavy atom. The summed E-state index contributed by atoms with van der Waals surface area (Å²) in [5.41, 5.74) is -1.67. The van der Waals surface area contributed by atoms with E-state index >= 15 is 0 Å². The van der Waals surface area contributed by atoms with Crippen molar-refractivity contribution >= 4 is 5.97 Å². The zero-order valence-electron chi connectivity index (χ0n) is 22.8. The quantitative estimate of drug-likeness (QED) is 0.334. The number of rotatable bonds is 0. The van der Waals surface area contributed by atoms with Crippen LogP contribution in [-0.4, -0.2) is 44.7 Å². The highest BCUT2D eigenvalue weighted by molar-refractivity contribution is 5.86. The van der Waals surface area contributed by atoms with Gasteiger partial charge in [0.25, 0.3) is 0 Å². The van der Waals surface area contributed by atoms with Crippen LogP contribution in [0.15, 0.2) is 11.1 Å². The Bertz CT molecular complexity index is 1030. The number of carbonyl (C=O) groups is 1. The molecule has 6 fully saturated rings. The third-order valence-corrected chi connectivity index (χ3v) is 13.7. The van der Waals surface area contributed by atoms with E-state index in [2.05, 4.69) is 34.6 Å². The molecule has 0 aromatic heterocycles. The van der Waals surface area contributed by atoms with Gasteiger partial charge in [0.05, 0.1) is 17.6 Å². The maximum absolute atomic E-state index is 13.4. The van der Waals surface area contributed by atoms with E-state index in [1.807, 2.05) is 13.8 Å². The minimum Gasteiger partial charge on any atom is -0.455 e. The topological polar surface area (TPSA) is 87.0 Å². The van der Waals surface area contributed by atoms with Crippen molar-refractivity contribution in [3.05, 3.63) is 11.1 Å². The van der Waals surface area contributed by atoms with Gasteiger partial charge in [0, 0.05) is 0 Å². The summed E-state index contributed by atoms with van der Waals surface area (Å²) in [4.78, 5) is 13.4. The van der Waals surface area contributed by atoms with Gasteiger partial charge in [-0.2, -0.15) is 0 Å². The fourth-order valence-electron chi connectivity index (χ4n) is 11.2. The summed E-state index contributed by atoms with van der Waals surface area (Å²) < 4.78 is 5.92. The molecule has 196 valence electrons. The van der Waals surface area contributed by atoms with Crippen LogP contribution in [0.2, 0.25) is 0 Å². The van der Waals surface area contributed by atoms with E-state index in [0.29, 0.717) is 37.5 Å². The van der Waals surface area contributed by atoms with Crippen molar-refractivity contribution in [2.45, 2.75) is 130 Å². The van der Waals surface area contributed by atoms with Gasteiger partial charge in [-0.1, -0.05) is 34.6 Å². The molecule has 5 aliphatic carbocycles. The van der Waals surface area contributed by atoms with Crippen LogP contribution in [0.3, 0.4) is 0 Å². The summed E-state index contributed by atoms with van der Waals surface area (Å²) in [6, 6.07) is 0. The van der Waals surface area contributed by atoms with Crippen LogP contribution >= 0.6 is 0 Å². The molecule has 7 rings (SSSR count). The van der Waals surface area contributed by atoms with Crippen LogP contribution in [0.4, 0.5) is 0 Å². The molecule has 0 amide bonds. The van der Waals surface area contributed by atoms with Crippen molar-refractivity contribution in [3.63, 3.8) is 0 Å². The van der Waals surface area contributed by atoms with Crippen LogP contribution in [0.5, 0.6) is 0 Å². The fourth-order valence-corrected chi connectivity index (χ4v) is 11.2. The summed E-state index contributed by atoms with van der Waals surface area (Å²) in [6.07, 6.45) is 6.53. The molecule has 4 saturated carbocycles. The van der Waals surface area contributed by atoms with Crippen molar-refractivity contribution in [1.29, 1.82) is 0 Å². The van der Waals surface area contributed by atoms with Crippen LogP contribution in [0, 0.1) is 38.9 Å². The SMILES string of the molecule is CC1(C)[C@@H](O)CC[C@]2(C)[C@H]3C[C@@H](O)C4=C5C6(CC[C@](C)(OC6=O)[C@@]5(C)O)CC[C@@]4(C)[C@]3(C)CC[C@@H]12. The highest BCUT2D eigenvalue weighted by atomic mass is 16.6. The molecule has 1 spiro atoms. The molecule has 5 nitrogen and oxygen atoms in total. The first-order valence-electron chi connectivity index (χ1n) is 14.1. The van der Waals surface area contributed by atoms with Gasteiger partial charge in [0.2, 0.25) is 0 Å². The van der Waals surface area contributed by atoms with E-state index in [-0.39, 0.29) is 33.7 Å². The van der Waals surface area contributed by atoms with Gasteiger partial charge in [0.1, 0.15) is 11.2 Å². The standard InChI is InChI=1S/C30H46O5/c1-24(2)18-8-11-26(4)19(25(18,3)10-9-20(24)32)16-17(31)21-22-29(7,34)28(6)13-15-30(22,23(33)35-28)14-12-27(21,26)5/h17-20,31-32,34H,8-16H2,1-7H3/t17-,18+,19-,20+,25+,26-,27-,28+,29+,30?/m1/s1. The highest BCUT2D eigenvalue weighted by Gasteiger charge is 2.75. The van der Waals surface area contributed by atoms with Crippen molar-refractivity contribution < 1.29 is 24.9 Å². The van der Waals surface area contributed by atoms with E-state index in [0.717, 1.165) is 43.3 Å². The molecule has 2 bridgehead atoms. The number of esters is 1. The summed E-state index contributed by atoms with van der Waals surface area (Å²) in [7, 11) is 0. The van der Waals surface area contributed by atoms with Gasteiger partial charge in [0.15, 0.2) is 0 Å². The second-order valence-corrected chi connectivity index (χ2v) is 15.1. The Balaban J connectivity index is 1.54. The Morgan fingerprint density at radius 2 is 1.49 bits per heavy atom. The molecule has 35 heavy (non-hydrogen) atoms. The molecule has 10 atom stereocenters. The first-order valence-corrected chi connectivity index (χ1v) is 14.1. The van der Waals surface area contributed by atoms with Gasteiger partial charge in [-0.3, -0.25) is 4.79 Å². The zero-order chi connectivity index (χ0) is 25.6. The third kappa shape index (κ3) is 2.46. The molecule has 0 aromatic carbocycles. The molecule has 2 heterocycles. The lowest BCUT2D eigenvalue weighted by molar-refractivity contribution is -0.245. The number of hydrogen-bond donors (Lipinski definition) is 3. The molecular formula is C30H46O5.